The van der Waals surface area contributed by atoms with E-state index in [4.69, 9.17) is 9.47 Å². The zero-order valence-corrected chi connectivity index (χ0v) is 54.6. The standard InChI is InChI=1S/C75H135NO8/c1-3-5-7-9-11-13-15-17-19-21-23-25-27-29-31-33-35-37-39-41-43-45-47-49-51-53-55-57-59-61-63-65-71(79)76-68(67-83-75-74(82)73(81)72(80)70(66-77)84-75)69(78)64-62-60-58-56-54-52-50-48-46-44-42-40-38-36-34-32-30-28-26-24-22-20-18-16-14-12-10-8-6-4-2/h5,7,11,13,17,19,23,25,46,48,54,56,62,64,68-70,72-75,77-78,80-82H,3-4,6,8-10,12,14-16,18,20-22,24,26-45,47,49-53,55,57-61,63,65-67H2,1-2H3,(H,76,79)/b7-5-,13-11-,19-17-,25-23-,48-46+,56-54+,64-62+. The number of amides is 1. The van der Waals surface area contributed by atoms with Crippen molar-refractivity contribution >= 4 is 5.91 Å². The quantitative estimate of drug-likeness (QED) is 0.0261. The van der Waals surface area contributed by atoms with Crippen LogP contribution in [-0.4, -0.2) is 87.5 Å². The molecule has 1 aliphatic rings. The molecule has 1 saturated heterocycles. The Morgan fingerprint density at radius 3 is 1.14 bits per heavy atom. The lowest BCUT2D eigenvalue weighted by atomic mass is 9.99. The predicted molar refractivity (Wildman–Crippen MR) is 359 cm³/mol. The minimum absolute atomic E-state index is 0.188. The van der Waals surface area contributed by atoms with Crippen molar-refractivity contribution in [1.82, 2.24) is 5.32 Å². The minimum atomic E-state index is -1.58. The number of allylic oxidation sites excluding steroid dienone is 13. The van der Waals surface area contributed by atoms with Crippen LogP contribution in [0.5, 0.6) is 0 Å². The molecule has 1 rings (SSSR count). The first-order valence-electron chi connectivity index (χ1n) is 35.8. The summed E-state index contributed by atoms with van der Waals surface area (Å²) >= 11 is 0. The SMILES string of the molecule is CC/C=C\C/C=C\C/C=C\C/C=C\CCCCCCCCCCCCCCCCCCCCC(=O)NC(COC1OC(CO)C(O)C(O)C1O)C(O)/C=C/CC/C=C/CC/C=C/CCCCCCCCCCCCCCCCCCCCCC. The second-order valence-electron chi connectivity index (χ2n) is 24.6. The summed E-state index contributed by atoms with van der Waals surface area (Å²) in [5, 5.41) is 54.8. The lowest BCUT2D eigenvalue weighted by molar-refractivity contribution is -0.302. The number of ether oxygens (including phenoxy) is 2. The van der Waals surface area contributed by atoms with Crippen LogP contribution in [0.4, 0.5) is 0 Å². The maximum atomic E-state index is 13.1. The van der Waals surface area contributed by atoms with Gasteiger partial charge in [-0.15, -0.1) is 0 Å². The van der Waals surface area contributed by atoms with Gasteiger partial charge in [0.1, 0.15) is 24.4 Å². The molecule has 7 unspecified atom stereocenters. The van der Waals surface area contributed by atoms with Crippen LogP contribution >= 0.6 is 0 Å². The van der Waals surface area contributed by atoms with Gasteiger partial charge in [-0.25, -0.2) is 0 Å². The topological polar surface area (TPSA) is 149 Å². The summed E-state index contributed by atoms with van der Waals surface area (Å²) < 4.78 is 11.3. The average molecular weight is 1180 g/mol. The summed E-state index contributed by atoms with van der Waals surface area (Å²) in [6, 6.07) is -0.833. The van der Waals surface area contributed by atoms with Crippen molar-refractivity contribution in [1.29, 1.82) is 0 Å². The number of hydrogen-bond donors (Lipinski definition) is 6. The maximum Gasteiger partial charge on any atom is 0.220 e. The van der Waals surface area contributed by atoms with Crippen molar-refractivity contribution in [2.45, 2.75) is 371 Å². The van der Waals surface area contributed by atoms with Crippen LogP contribution in [0.15, 0.2) is 85.1 Å². The van der Waals surface area contributed by atoms with Gasteiger partial charge in [0.2, 0.25) is 5.91 Å². The van der Waals surface area contributed by atoms with Gasteiger partial charge < -0.3 is 40.3 Å². The molecule has 6 N–H and O–H groups in total. The molecule has 0 saturated carbocycles. The van der Waals surface area contributed by atoms with Crippen LogP contribution in [0.3, 0.4) is 0 Å². The van der Waals surface area contributed by atoms with Gasteiger partial charge in [-0.3, -0.25) is 4.79 Å². The normalized spacial score (nSPS) is 18.7. The smallest absolute Gasteiger partial charge is 0.220 e. The molecule has 0 aliphatic carbocycles. The number of nitrogens with one attached hydrogen (secondary N) is 1. The van der Waals surface area contributed by atoms with E-state index in [2.05, 4.69) is 92.1 Å². The van der Waals surface area contributed by atoms with E-state index < -0.39 is 49.5 Å². The number of rotatable bonds is 62. The number of hydrogen-bond acceptors (Lipinski definition) is 8. The van der Waals surface area contributed by atoms with E-state index in [0.717, 1.165) is 70.6 Å². The van der Waals surface area contributed by atoms with Crippen molar-refractivity contribution in [3.05, 3.63) is 85.1 Å². The van der Waals surface area contributed by atoms with E-state index in [9.17, 15) is 30.3 Å². The van der Waals surface area contributed by atoms with E-state index in [1.54, 1.807) is 6.08 Å². The lowest BCUT2D eigenvalue weighted by Gasteiger charge is -2.40. The van der Waals surface area contributed by atoms with Crippen molar-refractivity contribution < 1.29 is 39.8 Å². The highest BCUT2D eigenvalue weighted by atomic mass is 16.7. The Morgan fingerprint density at radius 2 is 0.750 bits per heavy atom. The Hall–Kier alpha value is -2.63. The fraction of sp³-hybridized carbons (Fsp3) is 0.800. The third-order valence-electron chi connectivity index (χ3n) is 16.7. The molecule has 0 bridgehead atoms. The van der Waals surface area contributed by atoms with Gasteiger partial charge in [0, 0.05) is 6.42 Å². The molecule has 1 heterocycles. The summed E-state index contributed by atoms with van der Waals surface area (Å²) in [7, 11) is 0. The fourth-order valence-corrected chi connectivity index (χ4v) is 11.1. The van der Waals surface area contributed by atoms with Crippen molar-refractivity contribution in [3.63, 3.8) is 0 Å². The molecule has 7 atom stereocenters. The highest BCUT2D eigenvalue weighted by molar-refractivity contribution is 5.76. The second-order valence-corrected chi connectivity index (χ2v) is 24.6. The van der Waals surface area contributed by atoms with Crippen LogP contribution in [0.2, 0.25) is 0 Å². The Labute approximate surface area is 518 Å². The van der Waals surface area contributed by atoms with Crippen LogP contribution < -0.4 is 5.32 Å². The molecular weight excluding hydrogens is 1040 g/mol. The van der Waals surface area contributed by atoms with Crippen LogP contribution in [0, 0.1) is 0 Å². The van der Waals surface area contributed by atoms with Gasteiger partial charge in [0.25, 0.3) is 0 Å². The summed E-state index contributed by atoms with van der Waals surface area (Å²) in [5.41, 5.74) is 0. The van der Waals surface area contributed by atoms with Crippen molar-refractivity contribution in [3.8, 4) is 0 Å². The molecule has 0 spiro atoms. The Kier molecular flexibility index (Phi) is 59.9. The fourth-order valence-electron chi connectivity index (χ4n) is 11.1. The lowest BCUT2D eigenvalue weighted by Crippen LogP contribution is -2.60. The van der Waals surface area contributed by atoms with Gasteiger partial charge in [-0.05, 0) is 83.5 Å². The molecule has 488 valence electrons. The van der Waals surface area contributed by atoms with Gasteiger partial charge in [0.05, 0.1) is 25.4 Å². The average Bonchev–Trinajstić information content (AvgIpc) is 3.70. The first kappa shape index (κ1) is 79.4. The van der Waals surface area contributed by atoms with E-state index in [1.165, 1.54) is 238 Å². The highest BCUT2D eigenvalue weighted by Crippen LogP contribution is 2.23. The van der Waals surface area contributed by atoms with E-state index in [0.29, 0.717) is 6.42 Å². The first-order valence-corrected chi connectivity index (χ1v) is 35.8. The molecule has 0 aromatic rings. The summed E-state index contributed by atoms with van der Waals surface area (Å²) in [5.74, 6) is -0.188. The Balaban J connectivity index is 2.15. The zero-order valence-electron chi connectivity index (χ0n) is 54.6. The largest absolute Gasteiger partial charge is 0.394 e. The zero-order chi connectivity index (χ0) is 60.7. The number of aliphatic hydroxyl groups is 5. The molecule has 9 heteroatoms. The summed E-state index contributed by atoms with van der Waals surface area (Å²) in [6.45, 7) is 3.68. The first-order chi connectivity index (χ1) is 41.3. The number of carbonyl (C=O) groups is 1. The molecular formula is C75H135NO8. The molecule has 84 heavy (non-hydrogen) atoms. The summed E-state index contributed by atoms with van der Waals surface area (Å²) in [6.07, 6.45) is 84.1. The van der Waals surface area contributed by atoms with Crippen molar-refractivity contribution in [2.24, 2.45) is 0 Å². The molecule has 0 aromatic heterocycles. The number of carbonyl (C=O) groups excluding carboxylic acids is 1. The van der Waals surface area contributed by atoms with Crippen LogP contribution in [0.1, 0.15) is 328 Å². The Bertz CT molecular complexity index is 1600. The molecule has 9 nitrogen and oxygen atoms in total. The maximum absolute atomic E-state index is 13.1. The molecule has 1 fully saturated rings. The van der Waals surface area contributed by atoms with Crippen LogP contribution in [0.25, 0.3) is 0 Å². The van der Waals surface area contributed by atoms with Crippen molar-refractivity contribution in [2.75, 3.05) is 13.2 Å². The van der Waals surface area contributed by atoms with E-state index in [1.807, 2.05) is 6.08 Å². The number of aliphatic hydroxyl groups excluding tert-OH is 5. The van der Waals surface area contributed by atoms with E-state index >= 15 is 0 Å². The predicted octanol–water partition coefficient (Wildman–Crippen LogP) is 19.7. The molecule has 0 radical (unpaired) electrons. The minimum Gasteiger partial charge on any atom is -0.394 e. The third-order valence-corrected chi connectivity index (χ3v) is 16.7. The summed E-state index contributed by atoms with van der Waals surface area (Å²) in [4.78, 5) is 13.1. The molecule has 1 aliphatic heterocycles. The van der Waals surface area contributed by atoms with Crippen LogP contribution in [-0.2, 0) is 14.3 Å². The molecule has 1 amide bonds. The van der Waals surface area contributed by atoms with Gasteiger partial charge >= 0.3 is 0 Å². The third kappa shape index (κ3) is 51.4. The highest BCUT2D eigenvalue weighted by Gasteiger charge is 2.44. The molecule has 0 aromatic carbocycles. The second kappa shape index (κ2) is 63.4. The number of unbranched alkanes of at least 4 members (excludes halogenated alkanes) is 40. The Morgan fingerprint density at radius 1 is 0.417 bits per heavy atom. The van der Waals surface area contributed by atoms with Gasteiger partial charge in [0.15, 0.2) is 6.29 Å². The monoisotopic (exact) mass is 1180 g/mol. The van der Waals surface area contributed by atoms with Gasteiger partial charge in [-0.1, -0.05) is 324 Å². The van der Waals surface area contributed by atoms with Gasteiger partial charge in [-0.2, -0.15) is 0 Å². The van der Waals surface area contributed by atoms with E-state index in [-0.39, 0.29) is 12.5 Å².